The van der Waals surface area contributed by atoms with Crippen LogP contribution in [0.25, 0.3) is 0 Å². The van der Waals surface area contributed by atoms with Gasteiger partial charge in [-0.05, 0) is 32.8 Å². The van der Waals surface area contributed by atoms with Gasteiger partial charge in [0.05, 0.1) is 18.8 Å². The lowest BCUT2D eigenvalue weighted by Crippen LogP contribution is -2.06. The van der Waals surface area contributed by atoms with Crippen LogP contribution in [0.3, 0.4) is 0 Å². The first kappa shape index (κ1) is 15.3. The number of aryl methyl sites for hydroxylation is 2. The number of ether oxygens (including phenoxy) is 2. The molecule has 19 heavy (non-hydrogen) atoms. The van der Waals surface area contributed by atoms with E-state index in [1.54, 1.807) is 20.0 Å². The summed E-state index contributed by atoms with van der Waals surface area (Å²) in [6, 6.07) is 0. The summed E-state index contributed by atoms with van der Waals surface area (Å²) in [4.78, 5) is 22.8. The van der Waals surface area contributed by atoms with E-state index in [9.17, 15) is 9.59 Å². The molecule has 0 unspecified atom stereocenters. The van der Waals surface area contributed by atoms with Gasteiger partial charge in [0.25, 0.3) is 0 Å². The third kappa shape index (κ3) is 4.77. The Morgan fingerprint density at radius 2 is 1.84 bits per heavy atom. The summed E-state index contributed by atoms with van der Waals surface area (Å²) in [5, 5.41) is 0. The molecule has 0 aliphatic carbocycles. The van der Waals surface area contributed by atoms with Crippen LogP contribution in [-0.2, 0) is 20.8 Å². The molecule has 0 aliphatic rings. The average molecular weight is 267 g/mol. The maximum Gasteiger partial charge on any atom is 0.339 e. The van der Waals surface area contributed by atoms with E-state index < -0.39 is 0 Å². The molecule has 0 spiro atoms. The van der Waals surface area contributed by atoms with Crippen LogP contribution in [0.5, 0.6) is 0 Å². The van der Waals surface area contributed by atoms with Crippen LogP contribution < -0.4 is 0 Å². The van der Waals surface area contributed by atoms with Crippen molar-refractivity contribution >= 4 is 11.9 Å². The molecule has 0 N–H and O–H groups in total. The zero-order valence-corrected chi connectivity index (χ0v) is 11.8. The van der Waals surface area contributed by atoms with Crippen molar-refractivity contribution in [3.8, 4) is 0 Å². The van der Waals surface area contributed by atoms with Gasteiger partial charge in [-0.2, -0.15) is 0 Å². The summed E-state index contributed by atoms with van der Waals surface area (Å²) >= 11 is 0. The van der Waals surface area contributed by atoms with Gasteiger partial charge in [-0.3, -0.25) is 4.79 Å². The molecule has 1 heterocycles. The molecular weight excluding hydrogens is 246 g/mol. The molecule has 0 bridgehead atoms. The highest BCUT2D eigenvalue weighted by molar-refractivity contribution is 5.90. The lowest BCUT2D eigenvalue weighted by molar-refractivity contribution is -0.143. The van der Waals surface area contributed by atoms with E-state index >= 15 is 0 Å². The third-order valence-corrected chi connectivity index (χ3v) is 2.68. The van der Waals surface area contributed by atoms with Crippen molar-refractivity contribution in [2.75, 3.05) is 13.2 Å². The summed E-state index contributed by atoms with van der Waals surface area (Å²) in [7, 11) is 0. The minimum atomic E-state index is -0.302. The molecule has 0 aromatic carbocycles. The molecule has 0 radical (unpaired) electrons. The molecule has 106 valence electrons. The first-order valence-corrected chi connectivity index (χ1v) is 6.57. The highest BCUT2D eigenvalue weighted by Crippen LogP contribution is 2.12. The van der Waals surface area contributed by atoms with E-state index in [1.165, 1.54) is 0 Å². The summed E-state index contributed by atoms with van der Waals surface area (Å²) in [6.45, 7) is 6.90. The van der Waals surface area contributed by atoms with Crippen molar-refractivity contribution in [3.05, 3.63) is 23.5 Å². The Morgan fingerprint density at radius 1 is 1.16 bits per heavy atom. The summed E-state index contributed by atoms with van der Waals surface area (Å²) in [5.41, 5.74) is 1.47. The second kappa shape index (κ2) is 7.61. The molecule has 0 saturated heterocycles. The maximum atomic E-state index is 11.6. The van der Waals surface area contributed by atoms with Crippen molar-refractivity contribution < 1.29 is 19.1 Å². The van der Waals surface area contributed by atoms with Gasteiger partial charge < -0.3 is 14.0 Å². The fourth-order valence-electron chi connectivity index (χ4n) is 1.81. The van der Waals surface area contributed by atoms with Gasteiger partial charge >= 0.3 is 11.9 Å². The highest BCUT2D eigenvalue weighted by atomic mass is 16.5. The number of rotatable bonds is 7. The molecule has 1 aromatic rings. The molecule has 0 fully saturated rings. The van der Waals surface area contributed by atoms with Crippen LogP contribution in [0.4, 0.5) is 0 Å². The Hall–Kier alpha value is -1.78. The summed E-state index contributed by atoms with van der Waals surface area (Å²) in [5.74, 6) is -0.485. The van der Waals surface area contributed by atoms with E-state index in [-0.39, 0.29) is 11.9 Å². The average Bonchev–Trinajstić information content (AvgIpc) is 2.71. The van der Waals surface area contributed by atoms with Crippen LogP contribution in [0.2, 0.25) is 0 Å². The van der Waals surface area contributed by atoms with Crippen molar-refractivity contribution in [1.29, 1.82) is 0 Å². The third-order valence-electron chi connectivity index (χ3n) is 2.68. The second-order valence-corrected chi connectivity index (χ2v) is 4.22. The molecule has 0 saturated carbocycles. The van der Waals surface area contributed by atoms with Crippen molar-refractivity contribution in [3.63, 3.8) is 0 Å². The molecule has 5 heteroatoms. The minimum absolute atomic E-state index is 0.183. The number of carbonyl (C=O) groups is 2. The smallest absolute Gasteiger partial charge is 0.339 e. The second-order valence-electron chi connectivity index (χ2n) is 4.22. The van der Waals surface area contributed by atoms with Gasteiger partial charge in [0.1, 0.15) is 0 Å². The lowest BCUT2D eigenvalue weighted by atomic mass is 10.2. The summed E-state index contributed by atoms with van der Waals surface area (Å²) < 4.78 is 11.7. The first-order chi connectivity index (χ1) is 9.08. The van der Waals surface area contributed by atoms with E-state index in [2.05, 4.69) is 0 Å². The standard InChI is InChI=1S/C14H21NO4/c1-4-18-13(16)7-6-8-15-9-11(3)12(10-15)14(17)19-5-2/h9-10H,4-8H2,1-3H3. The van der Waals surface area contributed by atoms with Crippen molar-refractivity contribution in [1.82, 2.24) is 4.57 Å². The van der Waals surface area contributed by atoms with Crippen LogP contribution in [-0.4, -0.2) is 29.7 Å². The van der Waals surface area contributed by atoms with Gasteiger partial charge in [-0.25, -0.2) is 4.79 Å². The van der Waals surface area contributed by atoms with Crippen molar-refractivity contribution in [2.45, 2.75) is 40.2 Å². The molecule has 0 atom stereocenters. The van der Waals surface area contributed by atoms with Crippen LogP contribution >= 0.6 is 0 Å². The monoisotopic (exact) mass is 267 g/mol. The molecular formula is C14H21NO4. The number of esters is 2. The van der Waals surface area contributed by atoms with Gasteiger partial charge in [-0.15, -0.1) is 0 Å². The SMILES string of the molecule is CCOC(=O)CCCn1cc(C)c(C(=O)OCC)c1. The molecule has 1 rings (SSSR count). The Morgan fingerprint density at radius 3 is 2.47 bits per heavy atom. The lowest BCUT2D eigenvalue weighted by Gasteiger charge is -2.03. The number of aromatic nitrogens is 1. The zero-order chi connectivity index (χ0) is 14.3. The Labute approximate surface area is 113 Å². The van der Waals surface area contributed by atoms with Crippen molar-refractivity contribution in [2.24, 2.45) is 0 Å². The fourth-order valence-corrected chi connectivity index (χ4v) is 1.81. The number of nitrogens with zero attached hydrogens (tertiary/aromatic N) is 1. The topological polar surface area (TPSA) is 57.5 Å². The predicted octanol–water partition coefficient (Wildman–Crippen LogP) is 2.32. The Kier molecular flexibility index (Phi) is 6.12. The van der Waals surface area contributed by atoms with E-state index in [4.69, 9.17) is 9.47 Å². The highest BCUT2D eigenvalue weighted by Gasteiger charge is 2.12. The molecule has 5 nitrogen and oxygen atoms in total. The minimum Gasteiger partial charge on any atom is -0.466 e. The Balaban J connectivity index is 2.49. The van der Waals surface area contributed by atoms with Crippen LogP contribution in [0, 0.1) is 6.92 Å². The van der Waals surface area contributed by atoms with Gasteiger partial charge in [0.15, 0.2) is 0 Å². The van der Waals surface area contributed by atoms with E-state index in [0.717, 1.165) is 5.56 Å². The molecule has 0 aliphatic heterocycles. The molecule has 0 amide bonds. The first-order valence-electron chi connectivity index (χ1n) is 6.57. The normalized spacial score (nSPS) is 10.3. The van der Waals surface area contributed by atoms with Gasteiger partial charge in [0.2, 0.25) is 0 Å². The van der Waals surface area contributed by atoms with Gasteiger partial charge in [0, 0.05) is 25.4 Å². The number of carbonyl (C=O) groups excluding carboxylic acids is 2. The summed E-state index contributed by atoms with van der Waals surface area (Å²) in [6.07, 6.45) is 4.73. The van der Waals surface area contributed by atoms with Crippen LogP contribution in [0.1, 0.15) is 42.6 Å². The number of hydrogen-bond acceptors (Lipinski definition) is 4. The largest absolute Gasteiger partial charge is 0.466 e. The van der Waals surface area contributed by atoms with E-state index in [1.807, 2.05) is 17.7 Å². The Bertz CT molecular complexity index is 437. The van der Waals surface area contributed by atoms with E-state index in [0.29, 0.717) is 38.2 Å². The zero-order valence-electron chi connectivity index (χ0n) is 11.8. The van der Waals surface area contributed by atoms with Gasteiger partial charge in [-0.1, -0.05) is 0 Å². The predicted molar refractivity (Wildman–Crippen MR) is 71.0 cm³/mol. The number of hydrogen-bond donors (Lipinski definition) is 0. The quantitative estimate of drug-likeness (QED) is 0.711. The maximum absolute atomic E-state index is 11.6. The van der Waals surface area contributed by atoms with Crippen LogP contribution in [0.15, 0.2) is 12.4 Å². The molecule has 1 aromatic heterocycles. The fraction of sp³-hybridized carbons (Fsp3) is 0.571.